The van der Waals surface area contributed by atoms with Crippen molar-refractivity contribution < 1.29 is 13.6 Å². The zero-order valence-electron chi connectivity index (χ0n) is 10.9. The molecule has 0 saturated carbocycles. The van der Waals surface area contributed by atoms with Crippen molar-refractivity contribution >= 4 is 5.78 Å². The molecule has 0 fully saturated rings. The van der Waals surface area contributed by atoms with Gasteiger partial charge in [0.25, 0.3) is 0 Å². The third-order valence-electron chi connectivity index (χ3n) is 3.93. The third kappa shape index (κ3) is 2.24. The average molecular weight is 272 g/mol. The summed E-state index contributed by atoms with van der Waals surface area (Å²) >= 11 is 0. The molecule has 1 aliphatic rings. The fourth-order valence-corrected chi connectivity index (χ4v) is 2.86. The molecule has 1 aliphatic carbocycles. The number of rotatable bonds is 2. The van der Waals surface area contributed by atoms with Crippen molar-refractivity contribution in [3.63, 3.8) is 0 Å². The Kier molecular flexibility index (Phi) is 3.35. The van der Waals surface area contributed by atoms with Gasteiger partial charge in [-0.15, -0.1) is 0 Å². The molecule has 0 heterocycles. The smallest absolute Gasteiger partial charge is 0.172 e. The van der Waals surface area contributed by atoms with Crippen molar-refractivity contribution in [1.29, 1.82) is 0 Å². The van der Waals surface area contributed by atoms with Gasteiger partial charge in [0.1, 0.15) is 11.6 Å². The van der Waals surface area contributed by atoms with Gasteiger partial charge in [0.05, 0.1) is 5.56 Å². The van der Waals surface area contributed by atoms with Gasteiger partial charge in [0.2, 0.25) is 0 Å². The predicted octanol–water partition coefficient (Wildman–Crippen LogP) is 3.95. The second kappa shape index (κ2) is 5.16. The number of Topliss-reactive ketones (excluding diaryl/α,β-unsaturated/α-hetero) is 1. The Morgan fingerprint density at radius 1 is 0.950 bits per heavy atom. The van der Waals surface area contributed by atoms with E-state index in [9.17, 15) is 13.6 Å². The van der Waals surface area contributed by atoms with E-state index >= 15 is 0 Å². The van der Waals surface area contributed by atoms with E-state index < -0.39 is 23.0 Å². The molecule has 0 N–H and O–H groups in total. The van der Waals surface area contributed by atoms with E-state index in [1.165, 1.54) is 11.6 Å². The Bertz CT molecular complexity index is 644. The second-order valence-corrected chi connectivity index (χ2v) is 5.17. The van der Waals surface area contributed by atoms with Gasteiger partial charge in [0.15, 0.2) is 5.78 Å². The summed E-state index contributed by atoms with van der Waals surface area (Å²) in [6.07, 6.45) is 1.98. The van der Waals surface area contributed by atoms with Crippen molar-refractivity contribution in [1.82, 2.24) is 0 Å². The number of carbonyl (C=O) groups excluding carboxylic acids is 1. The Labute approximate surface area is 116 Å². The molecule has 2 aromatic rings. The van der Waals surface area contributed by atoms with E-state index in [-0.39, 0.29) is 5.92 Å². The van der Waals surface area contributed by atoms with Crippen molar-refractivity contribution in [2.75, 3.05) is 0 Å². The normalized spacial score (nSPS) is 17.6. The standard InChI is InChI=1S/C17H14F2O/c18-14-6-3-7-15(19)16(14)17(20)13-9-8-11-4-1-2-5-12(11)10-13/h1-7,13H,8-10H2. The highest BCUT2D eigenvalue weighted by atomic mass is 19.1. The molecule has 0 aliphatic heterocycles. The van der Waals surface area contributed by atoms with Crippen molar-refractivity contribution in [3.8, 4) is 0 Å². The zero-order chi connectivity index (χ0) is 14.1. The lowest BCUT2D eigenvalue weighted by molar-refractivity contribution is 0.0900. The monoisotopic (exact) mass is 272 g/mol. The van der Waals surface area contributed by atoms with Crippen molar-refractivity contribution in [2.45, 2.75) is 19.3 Å². The number of benzene rings is 2. The molecule has 102 valence electrons. The topological polar surface area (TPSA) is 17.1 Å². The van der Waals surface area contributed by atoms with Gasteiger partial charge in [0, 0.05) is 5.92 Å². The lowest BCUT2D eigenvalue weighted by atomic mass is 9.80. The maximum atomic E-state index is 13.7. The second-order valence-electron chi connectivity index (χ2n) is 5.17. The number of hydrogen-bond acceptors (Lipinski definition) is 1. The first-order valence-electron chi connectivity index (χ1n) is 6.72. The molecule has 0 radical (unpaired) electrons. The third-order valence-corrected chi connectivity index (χ3v) is 3.93. The maximum absolute atomic E-state index is 13.7. The summed E-state index contributed by atoms with van der Waals surface area (Å²) in [7, 11) is 0. The quantitative estimate of drug-likeness (QED) is 0.756. The van der Waals surface area contributed by atoms with E-state index in [0.29, 0.717) is 12.8 Å². The van der Waals surface area contributed by atoms with Crippen LogP contribution >= 0.6 is 0 Å². The predicted molar refractivity (Wildman–Crippen MR) is 72.6 cm³/mol. The Morgan fingerprint density at radius 3 is 2.30 bits per heavy atom. The average Bonchev–Trinajstić information content (AvgIpc) is 2.46. The number of hydrogen-bond donors (Lipinski definition) is 0. The van der Waals surface area contributed by atoms with Gasteiger partial charge in [-0.05, 0) is 42.5 Å². The van der Waals surface area contributed by atoms with E-state index in [2.05, 4.69) is 0 Å². The molecule has 0 spiro atoms. The van der Waals surface area contributed by atoms with Crippen LogP contribution in [0.2, 0.25) is 0 Å². The minimum atomic E-state index is -0.770. The molecule has 20 heavy (non-hydrogen) atoms. The molecule has 0 bridgehead atoms. The van der Waals surface area contributed by atoms with Gasteiger partial charge in [-0.2, -0.15) is 0 Å². The van der Waals surface area contributed by atoms with Crippen LogP contribution in [0.25, 0.3) is 0 Å². The minimum absolute atomic E-state index is 0.337. The maximum Gasteiger partial charge on any atom is 0.172 e. The van der Waals surface area contributed by atoms with Crippen LogP contribution < -0.4 is 0 Å². The van der Waals surface area contributed by atoms with Gasteiger partial charge < -0.3 is 0 Å². The van der Waals surface area contributed by atoms with E-state index in [1.807, 2.05) is 24.3 Å². The van der Waals surface area contributed by atoms with Crippen LogP contribution in [-0.2, 0) is 12.8 Å². The number of carbonyl (C=O) groups is 1. The molecule has 1 atom stereocenters. The highest BCUT2D eigenvalue weighted by Crippen LogP contribution is 2.29. The Morgan fingerprint density at radius 2 is 1.60 bits per heavy atom. The largest absolute Gasteiger partial charge is 0.294 e. The van der Waals surface area contributed by atoms with Gasteiger partial charge >= 0.3 is 0 Å². The van der Waals surface area contributed by atoms with Crippen LogP contribution in [0, 0.1) is 17.6 Å². The lowest BCUT2D eigenvalue weighted by Gasteiger charge is -2.23. The van der Waals surface area contributed by atoms with E-state index in [4.69, 9.17) is 0 Å². The fourth-order valence-electron chi connectivity index (χ4n) is 2.86. The van der Waals surface area contributed by atoms with Crippen LogP contribution in [0.5, 0.6) is 0 Å². The first kappa shape index (κ1) is 13.0. The van der Waals surface area contributed by atoms with Crippen LogP contribution in [0.1, 0.15) is 27.9 Å². The number of fused-ring (bicyclic) bond motifs is 1. The highest BCUT2D eigenvalue weighted by Gasteiger charge is 2.28. The number of aryl methyl sites for hydroxylation is 1. The van der Waals surface area contributed by atoms with Crippen LogP contribution in [0.3, 0.4) is 0 Å². The molecule has 0 amide bonds. The number of halogens is 2. The molecule has 1 nitrogen and oxygen atoms in total. The fraction of sp³-hybridized carbons (Fsp3) is 0.235. The summed E-state index contributed by atoms with van der Waals surface area (Å²) in [4.78, 5) is 12.4. The van der Waals surface area contributed by atoms with Gasteiger partial charge in [-0.25, -0.2) is 8.78 Å². The first-order chi connectivity index (χ1) is 9.66. The number of ketones is 1. The summed E-state index contributed by atoms with van der Waals surface area (Å²) in [6, 6.07) is 11.5. The highest BCUT2D eigenvalue weighted by molar-refractivity contribution is 5.98. The van der Waals surface area contributed by atoms with Crippen molar-refractivity contribution in [3.05, 3.63) is 70.8 Å². The van der Waals surface area contributed by atoms with Crippen LogP contribution in [0.4, 0.5) is 8.78 Å². The lowest BCUT2D eigenvalue weighted by Crippen LogP contribution is -2.24. The molecule has 2 aromatic carbocycles. The van der Waals surface area contributed by atoms with Crippen LogP contribution in [-0.4, -0.2) is 5.78 Å². The van der Waals surface area contributed by atoms with Crippen LogP contribution in [0.15, 0.2) is 42.5 Å². The Hall–Kier alpha value is -2.03. The first-order valence-corrected chi connectivity index (χ1v) is 6.72. The molecular formula is C17H14F2O. The summed E-state index contributed by atoms with van der Waals surface area (Å²) in [5, 5.41) is 0. The van der Waals surface area contributed by atoms with Gasteiger partial charge in [-0.1, -0.05) is 30.3 Å². The molecule has 1 unspecified atom stereocenters. The summed E-state index contributed by atoms with van der Waals surface area (Å²) in [5.41, 5.74) is 1.94. The summed E-state index contributed by atoms with van der Waals surface area (Å²) < 4.78 is 27.4. The Balaban J connectivity index is 1.90. The van der Waals surface area contributed by atoms with E-state index in [0.717, 1.165) is 24.1 Å². The minimum Gasteiger partial charge on any atom is -0.294 e. The molecule has 3 heteroatoms. The van der Waals surface area contributed by atoms with Crippen molar-refractivity contribution in [2.24, 2.45) is 5.92 Å². The van der Waals surface area contributed by atoms with Gasteiger partial charge in [-0.3, -0.25) is 4.79 Å². The molecular weight excluding hydrogens is 258 g/mol. The zero-order valence-corrected chi connectivity index (χ0v) is 10.9. The summed E-state index contributed by atoms with van der Waals surface area (Å²) in [6.45, 7) is 0. The molecule has 3 rings (SSSR count). The molecule has 0 saturated heterocycles. The summed E-state index contributed by atoms with van der Waals surface area (Å²) in [5.74, 6) is -2.30. The SMILES string of the molecule is O=C(c1c(F)cccc1F)C1CCc2ccccc2C1. The van der Waals surface area contributed by atoms with E-state index in [1.54, 1.807) is 0 Å². The molecule has 0 aromatic heterocycles.